The average Bonchev–Trinajstić information content (AvgIpc) is 2.60. The topological polar surface area (TPSA) is 9.23 Å². The minimum Gasteiger partial charge on any atom is -0.489 e. The van der Waals surface area contributed by atoms with Crippen LogP contribution in [0.1, 0.15) is 11.1 Å². The molecule has 0 aromatic heterocycles. The molecular weight excluding hydrogens is 391 g/mol. The van der Waals surface area contributed by atoms with Gasteiger partial charge in [0.25, 0.3) is 0 Å². The van der Waals surface area contributed by atoms with Crippen LogP contribution in [0.5, 0.6) is 5.75 Å². The first-order valence-corrected chi connectivity index (χ1v) is 7.28. The lowest BCUT2D eigenvalue weighted by Gasteiger charge is -2.33. The number of halogens is 9. The van der Waals surface area contributed by atoms with Gasteiger partial charge in [-0.15, -0.1) is 0 Å². The molecule has 0 saturated heterocycles. The molecule has 2 rings (SSSR count). The highest BCUT2D eigenvalue weighted by atomic mass is 19.4. The van der Waals surface area contributed by atoms with Crippen molar-refractivity contribution in [2.24, 2.45) is 0 Å². The third-order valence-corrected chi connectivity index (χ3v) is 3.61. The third kappa shape index (κ3) is 3.84. The normalized spacial score (nSPS) is 13.5. The largest absolute Gasteiger partial charge is 0.489 e. The molecule has 0 aliphatic rings. The first-order valence-electron chi connectivity index (χ1n) is 7.28. The van der Waals surface area contributed by atoms with Crippen LogP contribution < -0.4 is 4.74 Å². The Morgan fingerprint density at radius 1 is 0.630 bits per heavy atom. The number of alkyl halides is 9. The smallest absolute Gasteiger partial charge is 0.460 e. The highest BCUT2D eigenvalue weighted by Crippen LogP contribution is 2.56. The van der Waals surface area contributed by atoms with E-state index in [9.17, 15) is 39.5 Å². The standard InChI is InChI=1S/C17H11F9O/c18-14(19,15(20,21)16(22,23)17(24,25)26)12-6-8-13(9-7-12)27-10-11-4-2-1-3-5-11/h1-9H,10H2. The highest BCUT2D eigenvalue weighted by molar-refractivity contribution is 5.32. The van der Waals surface area contributed by atoms with Crippen LogP contribution in [0, 0.1) is 0 Å². The number of rotatable bonds is 6. The summed E-state index contributed by atoms with van der Waals surface area (Å²) in [5.41, 5.74) is -1.01. The molecule has 0 fully saturated rings. The lowest BCUT2D eigenvalue weighted by atomic mass is 9.97. The maximum absolute atomic E-state index is 13.8. The molecule has 0 radical (unpaired) electrons. The van der Waals surface area contributed by atoms with E-state index >= 15 is 0 Å². The van der Waals surface area contributed by atoms with Gasteiger partial charge in [-0.05, 0) is 29.8 Å². The Labute approximate surface area is 147 Å². The van der Waals surface area contributed by atoms with Gasteiger partial charge in [-0.3, -0.25) is 0 Å². The van der Waals surface area contributed by atoms with Crippen LogP contribution in [0.4, 0.5) is 39.5 Å². The summed E-state index contributed by atoms with van der Waals surface area (Å²) in [6.07, 6.45) is -6.85. The molecule has 148 valence electrons. The fourth-order valence-electron chi connectivity index (χ4n) is 2.06. The summed E-state index contributed by atoms with van der Waals surface area (Å²) < 4.78 is 122. The Balaban J connectivity index is 2.21. The first-order chi connectivity index (χ1) is 12.3. The number of hydrogen-bond donors (Lipinski definition) is 0. The third-order valence-electron chi connectivity index (χ3n) is 3.61. The molecule has 0 bridgehead atoms. The van der Waals surface area contributed by atoms with E-state index in [2.05, 4.69) is 0 Å². The molecular formula is C17H11F9O. The van der Waals surface area contributed by atoms with Crippen molar-refractivity contribution in [3.63, 3.8) is 0 Å². The second kappa shape index (κ2) is 6.97. The summed E-state index contributed by atoms with van der Waals surface area (Å²) in [7, 11) is 0. The summed E-state index contributed by atoms with van der Waals surface area (Å²) in [6, 6.07) is 10.7. The fourth-order valence-corrected chi connectivity index (χ4v) is 2.06. The van der Waals surface area contributed by atoms with Gasteiger partial charge in [0.05, 0.1) is 0 Å². The number of benzene rings is 2. The quantitative estimate of drug-likeness (QED) is 0.524. The van der Waals surface area contributed by atoms with Crippen LogP contribution in [0.25, 0.3) is 0 Å². The second-order valence-corrected chi connectivity index (χ2v) is 5.52. The fraction of sp³-hybridized carbons (Fsp3) is 0.294. The lowest BCUT2D eigenvalue weighted by Crippen LogP contribution is -2.59. The Bertz CT molecular complexity index is 752. The van der Waals surface area contributed by atoms with Gasteiger partial charge < -0.3 is 4.74 Å². The van der Waals surface area contributed by atoms with Crippen LogP contribution in [0.3, 0.4) is 0 Å². The first kappa shape index (κ1) is 20.9. The minimum absolute atomic E-state index is 0.00111. The number of hydrogen-bond acceptors (Lipinski definition) is 1. The minimum atomic E-state index is -6.92. The molecule has 27 heavy (non-hydrogen) atoms. The van der Waals surface area contributed by atoms with Crippen molar-refractivity contribution in [2.45, 2.75) is 30.6 Å². The zero-order valence-corrected chi connectivity index (χ0v) is 13.2. The predicted molar refractivity (Wildman–Crippen MR) is 77.1 cm³/mol. The second-order valence-electron chi connectivity index (χ2n) is 5.52. The van der Waals surface area contributed by atoms with E-state index in [1.807, 2.05) is 0 Å². The zero-order valence-electron chi connectivity index (χ0n) is 13.2. The Hall–Kier alpha value is -2.39. The van der Waals surface area contributed by atoms with Gasteiger partial charge in [-0.1, -0.05) is 30.3 Å². The molecule has 0 unspecified atom stereocenters. The van der Waals surface area contributed by atoms with E-state index in [0.29, 0.717) is 17.7 Å². The van der Waals surface area contributed by atoms with Gasteiger partial charge in [-0.25, -0.2) is 0 Å². The molecule has 0 saturated carbocycles. The van der Waals surface area contributed by atoms with Gasteiger partial charge in [0, 0.05) is 5.56 Å². The molecule has 0 atom stereocenters. The van der Waals surface area contributed by atoms with E-state index in [0.717, 1.165) is 12.1 Å². The Morgan fingerprint density at radius 2 is 1.15 bits per heavy atom. The maximum atomic E-state index is 13.8. The van der Waals surface area contributed by atoms with Gasteiger partial charge in [-0.2, -0.15) is 39.5 Å². The summed E-state index contributed by atoms with van der Waals surface area (Å²) in [5, 5.41) is 0. The molecule has 2 aromatic rings. The molecule has 2 aromatic carbocycles. The van der Waals surface area contributed by atoms with E-state index in [4.69, 9.17) is 4.74 Å². The molecule has 1 nitrogen and oxygen atoms in total. The summed E-state index contributed by atoms with van der Waals surface area (Å²) in [6.45, 7) is -0.00111. The van der Waals surface area contributed by atoms with Crippen molar-refractivity contribution < 1.29 is 44.3 Å². The van der Waals surface area contributed by atoms with Crippen LogP contribution in [-0.2, 0) is 12.5 Å². The zero-order chi connectivity index (χ0) is 20.5. The Kier molecular flexibility index (Phi) is 5.40. The summed E-state index contributed by atoms with van der Waals surface area (Å²) >= 11 is 0. The van der Waals surface area contributed by atoms with Crippen LogP contribution >= 0.6 is 0 Å². The Morgan fingerprint density at radius 3 is 1.63 bits per heavy atom. The summed E-state index contributed by atoms with van der Waals surface area (Å²) in [5.74, 6) is -19.5. The SMILES string of the molecule is FC(F)(F)C(F)(F)C(F)(F)C(F)(F)c1ccc(OCc2ccccc2)cc1. The van der Waals surface area contributed by atoms with Crippen LogP contribution in [0.15, 0.2) is 54.6 Å². The van der Waals surface area contributed by atoms with Crippen molar-refractivity contribution in [1.29, 1.82) is 0 Å². The van der Waals surface area contributed by atoms with Gasteiger partial charge >= 0.3 is 23.9 Å². The van der Waals surface area contributed by atoms with Crippen molar-refractivity contribution in [1.82, 2.24) is 0 Å². The van der Waals surface area contributed by atoms with Crippen molar-refractivity contribution in [2.75, 3.05) is 0 Å². The monoisotopic (exact) mass is 402 g/mol. The van der Waals surface area contributed by atoms with E-state index in [1.165, 1.54) is 0 Å². The molecule has 0 N–H and O–H groups in total. The van der Waals surface area contributed by atoms with Crippen molar-refractivity contribution in [3.8, 4) is 5.75 Å². The maximum Gasteiger partial charge on any atom is 0.460 e. The van der Waals surface area contributed by atoms with Crippen molar-refractivity contribution in [3.05, 3.63) is 65.7 Å². The van der Waals surface area contributed by atoms with Gasteiger partial charge in [0.15, 0.2) is 0 Å². The molecule has 10 heteroatoms. The van der Waals surface area contributed by atoms with Crippen molar-refractivity contribution >= 4 is 0 Å². The van der Waals surface area contributed by atoms with Crippen LogP contribution in [-0.4, -0.2) is 18.0 Å². The lowest BCUT2D eigenvalue weighted by molar-refractivity contribution is -0.399. The van der Waals surface area contributed by atoms with E-state index < -0.39 is 29.5 Å². The van der Waals surface area contributed by atoms with Crippen LogP contribution in [0.2, 0.25) is 0 Å². The molecule has 0 amide bonds. The molecule has 0 aliphatic heterocycles. The predicted octanol–water partition coefficient (Wildman–Crippen LogP) is 6.19. The molecule has 0 aliphatic carbocycles. The van der Waals surface area contributed by atoms with E-state index in [1.54, 1.807) is 30.3 Å². The summed E-state index contributed by atoms with van der Waals surface area (Å²) in [4.78, 5) is 0. The average molecular weight is 402 g/mol. The van der Waals surface area contributed by atoms with E-state index in [-0.39, 0.29) is 12.4 Å². The molecule has 0 spiro atoms. The highest BCUT2D eigenvalue weighted by Gasteiger charge is 2.81. The number of ether oxygens (including phenoxy) is 1. The molecule has 0 heterocycles. The van der Waals surface area contributed by atoms with Gasteiger partial charge in [0.1, 0.15) is 12.4 Å². The van der Waals surface area contributed by atoms with Gasteiger partial charge in [0.2, 0.25) is 0 Å².